The zero-order chi connectivity index (χ0) is 21.6. The van der Waals surface area contributed by atoms with Gasteiger partial charge in [-0.3, -0.25) is 4.79 Å². The number of benzene rings is 1. The molecule has 3 rings (SSSR count). The SMILES string of the molecule is Cc1ccc(CC(=O)N2CCN(C(=O)NCCS(=O)(=O)N3CCOCC3)CC2)cc1. The van der Waals surface area contributed by atoms with Crippen LogP contribution < -0.4 is 5.32 Å². The quantitative estimate of drug-likeness (QED) is 0.677. The molecule has 1 aromatic rings. The average molecular weight is 439 g/mol. The number of nitrogens with one attached hydrogen (secondary N) is 1. The Morgan fingerprint density at radius 3 is 2.20 bits per heavy atom. The molecular formula is C20H30N4O5S. The molecule has 2 saturated heterocycles. The van der Waals surface area contributed by atoms with Crippen LogP contribution in [0.1, 0.15) is 11.1 Å². The standard InChI is InChI=1S/C20H30N4O5S/c1-17-2-4-18(5-3-17)16-19(25)22-7-9-23(10-8-22)20(26)21-6-15-30(27,28)24-11-13-29-14-12-24/h2-5H,6-16H2,1H3,(H,21,26). The molecule has 0 aromatic heterocycles. The number of amides is 3. The molecule has 0 unspecified atom stereocenters. The summed E-state index contributed by atoms with van der Waals surface area (Å²) in [6.07, 6.45) is 0.353. The van der Waals surface area contributed by atoms with Crippen molar-refractivity contribution in [1.29, 1.82) is 0 Å². The first-order valence-electron chi connectivity index (χ1n) is 10.3. The van der Waals surface area contributed by atoms with Crippen LogP contribution in [0.2, 0.25) is 0 Å². The first-order chi connectivity index (χ1) is 14.3. The Kier molecular flexibility index (Phi) is 7.68. The van der Waals surface area contributed by atoms with Gasteiger partial charge >= 0.3 is 6.03 Å². The van der Waals surface area contributed by atoms with Gasteiger partial charge in [-0.2, -0.15) is 4.31 Å². The molecule has 0 saturated carbocycles. The van der Waals surface area contributed by atoms with E-state index in [-0.39, 0.29) is 24.2 Å². The second-order valence-electron chi connectivity index (χ2n) is 7.59. The average Bonchev–Trinajstić information content (AvgIpc) is 2.76. The normalized spacial score (nSPS) is 18.3. The summed E-state index contributed by atoms with van der Waals surface area (Å²) in [5, 5.41) is 2.68. The highest BCUT2D eigenvalue weighted by atomic mass is 32.2. The van der Waals surface area contributed by atoms with E-state index < -0.39 is 10.0 Å². The summed E-state index contributed by atoms with van der Waals surface area (Å²) in [6.45, 7) is 5.40. The van der Waals surface area contributed by atoms with Gasteiger partial charge in [0.15, 0.2) is 0 Å². The van der Waals surface area contributed by atoms with Crippen LogP contribution in [0.5, 0.6) is 0 Å². The van der Waals surface area contributed by atoms with E-state index in [1.54, 1.807) is 9.80 Å². The number of hydrogen-bond donors (Lipinski definition) is 1. The van der Waals surface area contributed by atoms with Crippen molar-refractivity contribution in [1.82, 2.24) is 19.4 Å². The lowest BCUT2D eigenvalue weighted by atomic mass is 10.1. The number of carbonyl (C=O) groups excluding carboxylic acids is 2. The van der Waals surface area contributed by atoms with Crippen LogP contribution in [-0.2, 0) is 26.0 Å². The second kappa shape index (κ2) is 10.2. The Balaban J connectivity index is 1.38. The van der Waals surface area contributed by atoms with Gasteiger partial charge in [0, 0.05) is 45.8 Å². The molecule has 2 heterocycles. The number of urea groups is 1. The number of aryl methyl sites for hydroxylation is 1. The van der Waals surface area contributed by atoms with Crippen molar-refractivity contribution in [2.24, 2.45) is 0 Å². The van der Waals surface area contributed by atoms with Gasteiger partial charge < -0.3 is 19.9 Å². The molecule has 0 radical (unpaired) electrons. The van der Waals surface area contributed by atoms with E-state index in [9.17, 15) is 18.0 Å². The lowest BCUT2D eigenvalue weighted by Crippen LogP contribution is -2.54. The van der Waals surface area contributed by atoms with Gasteiger partial charge in [0.05, 0.1) is 25.4 Å². The monoisotopic (exact) mass is 438 g/mol. The fourth-order valence-corrected chi connectivity index (χ4v) is 4.83. The Hall–Kier alpha value is -2.17. The number of sulfonamides is 1. The molecule has 1 aromatic carbocycles. The third-order valence-corrected chi connectivity index (χ3v) is 7.27. The van der Waals surface area contributed by atoms with Crippen LogP contribution in [0, 0.1) is 6.92 Å². The summed E-state index contributed by atoms with van der Waals surface area (Å²) < 4.78 is 31.2. The van der Waals surface area contributed by atoms with Gasteiger partial charge in [-0.25, -0.2) is 13.2 Å². The number of hydrogen-bond acceptors (Lipinski definition) is 5. The van der Waals surface area contributed by atoms with Crippen molar-refractivity contribution in [2.75, 3.05) is 64.8 Å². The highest BCUT2D eigenvalue weighted by molar-refractivity contribution is 7.89. The number of ether oxygens (including phenoxy) is 1. The van der Waals surface area contributed by atoms with Crippen LogP contribution >= 0.6 is 0 Å². The van der Waals surface area contributed by atoms with E-state index in [4.69, 9.17) is 4.74 Å². The summed E-state index contributed by atoms with van der Waals surface area (Å²) in [5.41, 5.74) is 2.14. The topological polar surface area (TPSA) is 99.3 Å². The van der Waals surface area contributed by atoms with Gasteiger partial charge in [-0.1, -0.05) is 29.8 Å². The maximum absolute atomic E-state index is 12.5. The maximum atomic E-state index is 12.5. The Labute approximate surface area is 178 Å². The minimum atomic E-state index is -3.40. The number of morpholine rings is 1. The van der Waals surface area contributed by atoms with Crippen LogP contribution in [0.3, 0.4) is 0 Å². The Morgan fingerprint density at radius 2 is 1.57 bits per heavy atom. The summed E-state index contributed by atoms with van der Waals surface area (Å²) in [6, 6.07) is 7.61. The molecule has 2 fully saturated rings. The largest absolute Gasteiger partial charge is 0.379 e. The van der Waals surface area contributed by atoms with Gasteiger partial charge in [0.25, 0.3) is 0 Å². The third-order valence-electron chi connectivity index (χ3n) is 5.40. The van der Waals surface area contributed by atoms with Crippen molar-refractivity contribution >= 4 is 22.0 Å². The molecule has 10 heteroatoms. The number of carbonyl (C=O) groups is 2. The van der Waals surface area contributed by atoms with Gasteiger partial charge in [-0.05, 0) is 12.5 Å². The summed E-state index contributed by atoms with van der Waals surface area (Å²) >= 11 is 0. The molecule has 0 aliphatic carbocycles. The molecule has 2 aliphatic heterocycles. The van der Waals surface area contributed by atoms with E-state index in [1.165, 1.54) is 4.31 Å². The van der Waals surface area contributed by atoms with Gasteiger partial charge in [0.2, 0.25) is 15.9 Å². The van der Waals surface area contributed by atoms with Crippen molar-refractivity contribution < 1.29 is 22.7 Å². The fraction of sp³-hybridized carbons (Fsp3) is 0.600. The maximum Gasteiger partial charge on any atom is 0.317 e. The Morgan fingerprint density at radius 1 is 0.967 bits per heavy atom. The molecule has 3 amide bonds. The first kappa shape index (κ1) is 22.5. The molecule has 0 bridgehead atoms. The van der Waals surface area contributed by atoms with Crippen LogP contribution in [0.15, 0.2) is 24.3 Å². The number of rotatable bonds is 6. The molecule has 1 N–H and O–H groups in total. The lowest BCUT2D eigenvalue weighted by molar-refractivity contribution is -0.131. The minimum Gasteiger partial charge on any atom is -0.379 e. The lowest BCUT2D eigenvalue weighted by Gasteiger charge is -2.35. The second-order valence-corrected chi connectivity index (χ2v) is 9.68. The van der Waals surface area contributed by atoms with E-state index in [0.29, 0.717) is 58.9 Å². The van der Waals surface area contributed by atoms with E-state index >= 15 is 0 Å². The predicted octanol–water partition coefficient (Wildman–Crippen LogP) is 0.0533. The predicted molar refractivity (Wildman–Crippen MR) is 113 cm³/mol. The molecule has 166 valence electrons. The highest BCUT2D eigenvalue weighted by Crippen LogP contribution is 2.09. The van der Waals surface area contributed by atoms with Crippen molar-refractivity contribution in [3.05, 3.63) is 35.4 Å². The first-order valence-corrected chi connectivity index (χ1v) is 11.9. The molecule has 0 spiro atoms. The molecule has 2 aliphatic rings. The van der Waals surface area contributed by atoms with Crippen LogP contribution in [0.25, 0.3) is 0 Å². The zero-order valence-corrected chi connectivity index (χ0v) is 18.2. The minimum absolute atomic E-state index is 0.0514. The van der Waals surface area contributed by atoms with Crippen molar-refractivity contribution in [3.8, 4) is 0 Å². The highest BCUT2D eigenvalue weighted by Gasteiger charge is 2.26. The Bertz CT molecular complexity index is 829. The number of piperazine rings is 1. The van der Waals surface area contributed by atoms with E-state index in [0.717, 1.165) is 11.1 Å². The third kappa shape index (κ3) is 6.16. The summed E-state index contributed by atoms with van der Waals surface area (Å²) in [4.78, 5) is 28.2. The van der Waals surface area contributed by atoms with Gasteiger partial charge in [-0.15, -0.1) is 0 Å². The van der Waals surface area contributed by atoms with Crippen molar-refractivity contribution in [3.63, 3.8) is 0 Å². The molecular weight excluding hydrogens is 408 g/mol. The van der Waals surface area contributed by atoms with Crippen molar-refractivity contribution in [2.45, 2.75) is 13.3 Å². The van der Waals surface area contributed by atoms with Gasteiger partial charge in [0.1, 0.15) is 0 Å². The van der Waals surface area contributed by atoms with E-state index in [1.807, 2.05) is 31.2 Å². The summed E-state index contributed by atoms with van der Waals surface area (Å²) in [5.74, 6) is -0.0798. The molecule has 30 heavy (non-hydrogen) atoms. The van der Waals surface area contributed by atoms with Crippen LogP contribution in [-0.4, -0.2) is 99.2 Å². The fourth-order valence-electron chi connectivity index (χ4n) is 3.50. The smallest absolute Gasteiger partial charge is 0.317 e. The van der Waals surface area contributed by atoms with E-state index in [2.05, 4.69) is 5.32 Å². The molecule has 0 atom stereocenters. The number of nitrogens with zero attached hydrogens (tertiary/aromatic N) is 3. The van der Waals surface area contributed by atoms with Crippen LogP contribution in [0.4, 0.5) is 4.79 Å². The molecule has 9 nitrogen and oxygen atoms in total. The zero-order valence-electron chi connectivity index (χ0n) is 17.4. The summed E-state index contributed by atoms with van der Waals surface area (Å²) in [7, 11) is -3.40.